The predicted molar refractivity (Wildman–Crippen MR) is 109 cm³/mol. The van der Waals surface area contributed by atoms with Crippen molar-refractivity contribution in [3.63, 3.8) is 0 Å². The van der Waals surface area contributed by atoms with Crippen LogP contribution in [0.3, 0.4) is 0 Å². The van der Waals surface area contributed by atoms with Crippen LogP contribution in [0.1, 0.15) is 12.0 Å². The molecule has 2 aromatic carbocycles. The van der Waals surface area contributed by atoms with Gasteiger partial charge in [-0.1, -0.05) is 36.4 Å². The zero-order chi connectivity index (χ0) is 19.5. The van der Waals surface area contributed by atoms with E-state index in [0.717, 1.165) is 50.6 Å². The minimum atomic E-state index is -0.828. The van der Waals surface area contributed by atoms with E-state index in [-0.39, 0.29) is 0 Å². The molecule has 1 fully saturated rings. The second-order valence-electron chi connectivity index (χ2n) is 7.12. The lowest BCUT2D eigenvalue weighted by Crippen LogP contribution is -2.31. The van der Waals surface area contributed by atoms with Crippen molar-refractivity contribution in [2.24, 2.45) is 12.8 Å². The highest BCUT2D eigenvalue weighted by Gasteiger charge is 2.21. The summed E-state index contributed by atoms with van der Waals surface area (Å²) in [5.41, 5.74) is 8.10. The highest BCUT2D eigenvalue weighted by Crippen LogP contribution is 2.29. The Morgan fingerprint density at radius 2 is 1.89 bits per heavy atom. The Balaban J connectivity index is 1.53. The van der Waals surface area contributed by atoms with Crippen LogP contribution in [0.15, 0.2) is 48.5 Å². The maximum atomic E-state index is 11.2. The van der Waals surface area contributed by atoms with Gasteiger partial charge < -0.3 is 19.9 Å². The van der Waals surface area contributed by atoms with Gasteiger partial charge in [0.1, 0.15) is 5.52 Å². The van der Waals surface area contributed by atoms with Gasteiger partial charge in [0.2, 0.25) is 5.95 Å². The van der Waals surface area contributed by atoms with E-state index in [4.69, 9.17) is 15.5 Å². The monoisotopic (exact) mass is 379 g/mol. The second-order valence-corrected chi connectivity index (χ2v) is 7.12. The standard InChI is InChI=1S/C21H25N5O2/c1-24-17-9-5-10-18(28-20(22)27)19(17)23-21(24)26-12-6-11-25(13-14-26)15-16-7-3-2-4-8-16/h2-5,7-10H,6,11-15H2,1H3,(H2,22,27). The van der Waals surface area contributed by atoms with Crippen molar-refractivity contribution in [2.75, 3.05) is 31.1 Å². The van der Waals surface area contributed by atoms with Crippen molar-refractivity contribution >= 4 is 23.1 Å². The minimum Gasteiger partial charge on any atom is -0.408 e. The van der Waals surface area contributed by atoms with Gasteiger partial charge in [0.15, 0.2) is 5.75 Å². The molecule has 1 aliphatic heterocycles. The molecule has 1 amide bonds. The molecule has 1 saturated heterocycles. The molecule has 1 aromatic heterocycles. The Morgan fingerprint density at radius 1 is 1.07 bits per heavy atom. The van der Waals surface area contributed by atoms with Crippen molar-refractivity contribution in [1.82, 2.24) is 14.5 Å². The Hall–Kier alpha value is -3.06. The topological polar surface area (TPSA) is 76.6 Å². The number of nitrogens with zero attached hydrogens (tertiary/aromatic N) is 4. The smallest absolute Gasteiger partial charge is 0.408 e. The SMILES string of the molecule is Cn1c(N2CCCN(Cc3ccccc3)CC2)nc2c(OC(N)=O)cccc21. The third-order valence-electron chi connectivity index (χ3n) is 5.18. The van der Waals surface area contributed by atoms with E-state index in [1.54, 1.807) is 6.07 Å². The molecule has 7 nitrogen and oxygen atoms in total. The summed E-state index contributed by atoms with van der Waals surface area (Å²) >= 11 is 0. The van der Waals surface area contributed by atoms with Gasteiger partial charge in [0, 0.05) is 39.8 Å². The Labute approximate surface area is 164 Å². The number of anilines is 1. The molecule has 0 spiro atoms. The van der Waals surface area contributed by atoms with Crippen LogP contribution in [0.4, 0.5) is 10.7 Å². The number of hydrogen-bond donors (Lipinski definition) is 1. The maximum absolute atomic E-state index is 11.2. The first-order valence-electron chi connectivity index (χ1n) is 9.56. The number of para-hydroxylation sites is 1. The number of nitrogens with two attached hydrogens (primary N) is 1. The first-order chi connectivity index (χ1) is 13.6. The lowest BCUT2D eigenvalue weighted by Gasteiger charge is -2.22. The summed E-state index contributed by atoms with van der Waals surface area (Å²) in [4.78, 5) is 20.8. The molecule has 0 radical (unpaired) electrons. The molecule has 0 unspecified atom stereocenters. The lowest BCUT2D eigenvalue weighted by molar-refractivity contribution is 0.211. The fourth-order valence-electron chi connectivity index (χ4n) is 3.82. The van der Waals surface area contributed by atoms with Gasteiger partial charge in [0.25, 0.3) is 0 Å². The van der Waals surface area contributed by atoms with Crippen molar-refractivity contribution in [3.8, 4) is 5.75 Å². The number of carbonyl (C=O) groups excluding carboxylic acids is 1. The molecule has 0 atom stereocenters. The third-order valence-corrected chi connectivity index (χ3v) is 5.18. The molecule has 3 aromatic rings. The molecule has 146 valence electrons. The molecule has 0 saturated carbocycles. The number of aryl methyl sites for hydroxylation is 1. The molecule has 2 N–H and O–H groups in total. The van der Waals surface area contributed by atoms with Gasteiger partial charge >= 0.3 is 6.09 Å². The van der Waals surface area contributed by atoms with E-state index in [0.29, 0.717) is 11.3 Å². The minimum absolute atomic E-state index is 0.396. The Morgan fingerprint density at radius 3 is 2.68 bits per heavy atom. The van der Waals surface area contributed by atoms with Crippen LogP contribution < -0.4 is 15.4 Å². The van der Waals surface area contributed by atoms with E-state index < -0.39 is 6.09 Å². The lowest BCUT2D eigenvalue weighted by atomic mass is 10.2. The van der Waals surface area contributed by atoms with Crippen LogP contribution in [-0.2, 0) is 13.6 Å². The zero-order valence-corrected chi connectivity index (χ0v) is 16.0. The van der Waals surface area contributed by atoms with E-state index in [1.165, 1.54) is 5.56 Å². The summed E-state index contributed by atoms with van der Waals surface area (Å²) in [5.74, 6) is 1.28. The number of carbonyl (C=O) groups is 1. The first-order valence-corrected chi connectivity index (χ1v) is 9.56. The fourth-order valence-corrected chi connectivity index (χ4v) is 3.82. The van der Waals surface area contributed by atoms with E-state index in [2.05, 4.69) is 44.7 Å². The average Bonchev–Trinajstić information content (AvgIpc) is 2.86. The number of amides is 1. The fraction of sp³-hybridized carbons (Fsp3) is 0.333. The second kappa shape index (κ2) is 7.90. The normalized spacial score (nSPS) is 15.5. The molecular weight excluding hydrogens is 354 g/mol. The van der Waals surface area contributed by atoms with Gasteiger partial charge in [-0.15, -0.1) is 0 Å². The first kappa shape index (κ1) is 18.3. The number of aromatic nitrogens is 2. The molecule has 2 heterocycles. The highest BCUT2D eigenvalue weighted by molar-refractivity contribution is 5.87. The molecule has 7 heteroatoms. The summed E-state index contributed by atoms with van der Waals surface area (Å²) in [6, 6.07) is 16.1. The van der Waals surface area contributed by atoms with E-state index >= 15 is 0 Å². The summed E-state index contributed by atoms with van der Waals surface area (Å²) in [7, 11) is 1.99. The zero-order valence-electron chi connectivity index (χ0n) is 16.0. The van der Waals surface area contributed by atoms with Gasteiger partial charge in [-0.25, -0.2) is 9.78 Å². The van der Waals surface area contributed by atoms with Crippen LogP contribution in [0, 0.1) is 0 Å². The summed E-state index contributed by atoms with van der Waals surface area (Å²) < 4.78 is 7.18. The van der Waals surface area contributed by atoms with Gasteiger partial charge in [-0.2, -0.15) is 0 Å². The average molecular weight is 379 g/mol. The van der Waals surface area contributed by atoms with E-state index in [9.17, 15) is 4.79 Å². The predicted octanol–water partition coefficient (Wildman–Crippen LogP) is 2.74. The molecular formula is C21H25N5O2. The number of primary amides is 1. The molecule has 1 aliphatic rings. The van der Waals surface area contributed by atoms with E-state index in [1.807, 2.05) is 19.2 Å². The van der Waals surface area contributed by atoms with Crippen molar-refractivity contribution in [1.29, 1.82) is 0 Å². The Bertz CT molecular complexity index is 970. The van der Waals surface area contributed by atoms with Crippen molar-refractivity contribution in [3.05, 3.63) is 54.1 Å². The number of fused-ring (bicyclic) bond motifs is 1. The summed E-state index contributed by atoms with van der Waals surface area (Å²) in [6.45, 7) is 4.84. The van der Waals surface area contributed by atoms with Crippen LogP contribution in [0.25, 0.3) is 11.0 Å². The quantitative estimate of drug-likeness (QED) is 0.754. The number of rotatable bonds is 4. The van der Waals surface area contributed by atoms with Crippen molar-refractivity contribution in [2.45, 2.75) is 13.0 Å². The molecule has 0 aliphatic carbocycles. The van der Waals surface area contributed by atoms with Gasteiger partial charge in [-0.3, -0.25) is 4.90 Å². The molecule has 28 heavy (non-hydrogen) atoms. The number of imidazole rings is 1. The molecule has 4 rings (SSSR count). The largest absolute Gasteiger partial charge is 0.410 e. The maximum Gasteiger partial charge on any atom is 0.410 e. The highest BCUT2D eigenvalue weighted by atomic mass is 16.5. The van der Waals surface area contributed by atoms with Crippen LogP contribution in [0.2, 0.25) is 0 Å². The number of ether oxygens (including phenoxy) is 1. The number of hydrogen-bond acceptors (Lipinski definition) is 5. The van der Waals surface area contributed by atoms with Crippen LogP contribution >= 0.6 is 0 Å². The summed E-state index contributed by atoms with van der Waals surface area (Å²) in [5, 5.41) is 0. The van der Waals surface area contributed by atoms with Gasteiger partial charge in [0.05, 0.1) is 5.52 Å². The van der Waals surface area contributed by atoms with Crippen LogP contribution in [-0.4, -0.2) is 46.7 Å². The Kier molecular flexibility index (Phi) is 5.16. The van der Waals surface area contributed by atoms with Crippen LogP contribution in [0.5, 0.6) is 5.75 Å². The third kappa shape index (κ3) is 3.80. The summed E-state index contributed by atoms with van der Waals surface area (Å²) in [6.07, 6.45) is 0.242. The van der Waals surface area contributed by atoms with Crippen molar-refractivity contribution < 1.29 is 9.53 Å². The van der Waals surface area contributed by atoms with Gasteiger partial charge in [-0.05, 0) is 24.1 Å². The number of benzene rings is 2. The molecule has 0 bridgehead atoms.